The molecular formula is C28H40Cl2N2S. The maximum absolute atomic E-state index is 6.43. The van der Waals surface area contributed by atoms with Crippen molar-refractivity contribution in [1.29, 1.82) is 0 Å². The largest absolute Gasteiger partial charge is 0.304 e. The fourth-order valence-corrected chi connectivity index (χ4v) is 8.83. The van der Waals surface area contributed by atoms with Crippen molar-refractivity contribution in [3.8, 4) is 0 Å². The molecule has 1 heterocycles. The van der Waals surface area contributed by atoms with Gasteiger partial charge in [-0.15, -0.1) is 23.7 Å². The SMILES string of the molecule is CCN(CC)CCCC(C)N=c1cc(C23CC4CC(CC(C4)C2)C3)sc2ccc(Cl)cc12.Cl. The van der Waals surface area contributed by atoms with Gasteiger partial charge in [0.25, 0.3) is 0 Å². The van der Waals surface area contributed by atoms with E-state index in [1.165, 1.54) is 66.9 Å². The first-order valence-electron chi connectivity index (χ1n) is 13.0. The van der Waals surface area contributed by atoms with Crippen molar-refractivity contribution in [1.82, 2.24) is 4.90 Å². The molecule has 1 unspecified atom stereocenters. The Balaban J connectivity index is 0.00000259. The van der Waals surface area contributed by atoms with Gasteiger partial charge in [-0.2, -0.15) is 0 Å². The zero-order valence-corrected chi connectivity index (χ0v) is 22.9. The maximum atomic E-state index is 6.43. The Morgan fingerprint density at radius 2 is 1.70 bits per heavy atom. The van der Waals surface area contributed by atoms with E-state index in [1.54, 1.807) is 4.88 Å². The van der Waals surface area contributed by atoms with Crippen molar-refractivity contribution in [2.45, 2.75) is 83.6 Å². The molecule has 0 spiro atoms. The second-order valence-electron chi connectivity index (χ2n) is 11.0. The molecule has 0 saturated heterocycles. The van der Waals surface area contributed by atoms with Gasteiger partial charge in [-0.25, -0.2) is 0 Å². The number of fused-ring (bicyclic) bond motifs is 1. The highest BCUT2D eigenvalue weighted by molar-refractivity contribution is 7.18. The third-order valence-electron chi connectivity index (χ3n) is 8.62. The number of nitrogens with zero attached hydrogens (tertiary/aromatic N) is 2. The second-order valence-corrected chi connectivity index (χ2v) is 12.5. The molecular weight excluding hydrogens is 467 g/mol. The highest BCUT2D eigenvalue weighted by Crippen LogP contribution is 2.61. The minimum Gasteiger partial charge on any atom is -0.304 e. The quantitative estimate of drug-likeness (QED) is 0.355. The van der Waals surface area contributed by atoms with Crippen LogP contribution >= 0.6 is 35.3 Å². The highest BCUT2D eigenvalue weighted by atomic mass is 35.5. The van der Waals surface area contributed by atoms with Gasteiger partial charge in [0.05, 0.1) is 5.36 Å². The summed E-state index contributed by atoms with van der Waals surface area (Å²) < 4.78 is 1.36. The van der Waals surface area contributed by atoms with Crippen molar-refractivity contribution in [2.75, 3.05) is 19.6 Å². The number of hydrogen-bond acceptors (Lipinski definition) is 3. The van der Waals surface area contributed by atoms with E-state index in [4.69, 9.17) is 16.6 Å². The van der Waals surface area contributed by atoms with Gasteiger partial charge in [-0.05, 0) is 120 Å². The zero-order chi connectivity index (χ0) is 22.3. The average Bonchev–Trinajstić information content (AvgIpc) is 2.76. The molecule has 5 heteroatoms. The molecule has 4 saturated carbocycles. The lowest BCUT2D eigenvalue weighted by Gasteiger charge is -2.56. The lowest BCUT2D eigenvalue weighted by atomic mass is 9.49. The fraction of sp³-hybridized carbons (Fsp3) is 0.679. The molecule has 0 aliphatic heterocycles. The molecule has 4 fully saturated rings. The second kappa shape index (κ2) is 10.6. The Kier molecular flexibility index (Phi) is 8.16. The third kappa shape index (κ3) is 5.32. The van der Waals surface area contributed by atoms with E-state index in [-0.39, 0.29) is 12.4 Å². The summed E-state index contributed by atoms with van der Waals surface area (Å²) >= 11 is 8.46. The number of hydrogen-bond donors (Lipinski definition) is 0. The molecule has 2 aromatic rings. The summed E-state index contributed by atoms with van der Waals surface area (Å²) in [6, 6.07) is 9.25. The van der Waals surface area contributed by atoms with Gasteiger partial charge >= 0.3 is 0 Å². The van der Waals surface area contributed by atoms with Gasteiger partial charge in [0, 0.05) is 31.4 Å². The molecule has 33 heavy (non-hydrogen) atoms. The molecule has 182 valence electrons. The van der Waals surface area contributed by atoms with Crippen LogP contribution in [0.15, 0.2) is 29.3 Å². The van der Waals surface area contributed by atoms with Crippen LogP contribution in [0, 0.1) is 17.8 Å². The van der Waals surface area contributed by atoms with Gasteiger partial charge in [0.15, 0.2) is 0 Å². The summed E-state index contributed by atoms with van der Waals surface area (Å²) in [7, 11) is 0. The maximum Gasteiger partial charge on any atom is 0.0675 e. The molecule has 4 aliphatic rings. The Bertz CT molecular complexity index is 991. The minimum absolute atomic E-state index is 0. The first kappa shape index (κ1) is 25.5. The molecule has 4 bridgehead atoms. The van der Waals surface area contributed by atoms with E-state index in [0.717, 1.165) is 42.3 Å². The monoisotopic (exact) mass is 506 g/mol. The standard InChI is InChI=1S/C28H39ClN2S.ClH/c1-4-31(5-2)10-6-7-19(3)30-25-15-27(32-26-9-8-23(29)14-24(25)26)28-16-20-11-21(17-28)13-22(12-20)18-28;/h8-9,14-15,19-22H,4-7,10-13,16-18H2,1-3H3;1H. The Morgan fingerprint density at radius 3 is 2.30 bits per heavy atom. The molecule has 1 aromatic heterocycles. The van der Waals surface area contributed by atoms with E-state index in [0.29, 0.717) is 11.5 Å². The predicted octanol–water partition coefficient (Wildman–Crippen LogP) is 7.86. The Labute approximate surface area is 215 Å². The molecule has 0 amide bonds. The summed E-state index contributed by atoms with van der Waals surface area (Å²) in [4.78, 5) is 9.42. The average molecular weight is 508 g/mol. The molecule has 4 aliphatic carbocycles. The molecule has 2 nitrogen and oxygen atoms in total. The van der Waals surface area contributed by atoms with Crippen LogP contribution in [0.3, 0.4) is 0 Å². The smallest absolute Gasteiger partial charge is 0.0675 e. The molecule has 1 atom stereocenters. The summed E-state index contributed by atoms with van der Waals surface area (Å²) in [6.07, 6.45) is 11.1. The normalized spacial score (nSPS) is 29.6. The van der Waals surface area contributed by atoms with Crippen molar-refractivity contribution in [2.24, 2.45) is 22.7 Å². The van der Waals surface area contributed by atoms with Crippen LogP contribution in [0.5, 0.6) is 0 Å². The van der Waals surface area contributed by atoms with Crippen molar-refractivity contribution in [3.05, 3.63) is 39.5 Å². The van der Waals surface area contributed by atoms with Crippen LogP contribution in [0.25, 0.3) is 10.1 Å². The minimum atomic E-state index is 0. The number of halogens is 2. The lowest BCUT2D eigenvalue weighted by molar-refractivity contribution is -0.00355. The highest BCUT2D eigenvalue weighted by Gasteiger charge is 2.52. The molecule has 1 aromatic carbocycles. The number of rotatable bonds is 8. The summed E-state index contributed by atoms with van der Waals surface area (Å²) in [5.74, 6) is 2.90. The van der Waals surface area contributed by atoms with Gasteiger partial charge in [0.1, 0.15) is 0 Å². The fourth-order valence-electron chi connectivity index (χ4n) is 7.37. The van der Waals surface area contributed by atoms with Crippen LogP contribution in [0.4, 0.5) is 0 Å². The van der Waals surface area contributed by atoms with Crippen molar-refractivity contribution >= 4 is 45.4 Å². The van der Waals surface area contributed by atoms with E-state index >= 15 is 0 Å². The summed E-state index contributed by atoms with van der Waals surface area (Å²) in [5.41, 5.74) is 0.420. The lowest BCUT2D eigenvalue weighted by Crippen LogP contribution is -2.48. The van der Waals surface area contributed by atoms with Crippen molar-refractivity contribution < 1.29 is 0 Å². The van der Waals surface area contributed by atoms with E-state index < -0.39 is 0 Å². The van der Waals surface area contributed by atoms with E-state index in [9.17, 15) is 0 Å². The topological polar surface area (TPSA) is 15.6 Å². The van der Waals surface area contributed by atoms with Gasteiger partial charge in [-0.3, -0.25) is 4.99 Å². The first-order valence-corrected chi connectivity index (χ1v) is 14.2. The molecule has 0 N–H and O–H groups in total. The number of benzene rings is 1. The molecule has 0 radical (unpaired) electrons. The van der Waals surface area contributed by atoms with Gasteiger partial charge in [-0.1, -0.05) is 25.4 Å². The van der Waals surface area contributed by atoms with Crippen LogP contribution in [-0.4, -0.2) is 30.6 Å². The van der Waals surface area contributed by atoms with Crippen LogP contribution < -0.4 is 5.36 Å². The van der Waals surface area contributed by atoms with E-state index in [2.05, 4.69) is 49.9 Å². The summed E-state index contributed by atoms with van der Waals surface area (Å²) in [6.45, 7) is 10.3. The third-order valence-corrected chi connectivity index (χ3v) is 10.2. The van der Waals surface area contributed by atoms with Gasteiger partial charge < -0.3 is 4.90 Å². The van der Waals surface area contributed by atoms with Crippen LogP contribution in [-0.2, 0) is 5.41 Å². The first-order chi connectivity index (χ1) is 15.5. The van der Waals surface area contributed by atoms with Crippen LogP contribution in [0.2, 0.25) is 5.02 Å². The van der Waals surface area contributed by atoms with E-state index in [1.807, 2.05) is 11.3 Å². The zero-order valence-electron chi connectivity index (χ0n) is 20.5. The summed E-state index contributed by atoms with van der Waals surface area (Å²) in [5, 5.41) is 3.24. The Morgan fingerprint density at radius 1 is 1.06 bits per heavy atom. The molecule has 6 rings (SSSR count). The Hall–Kier alpha value is -0.610. The van der Waals surface area contributed by atoms with Crippen LogP contribution in [0.1, 0.15) is 77.0 Å². The van der Waals surface area contributed by atoms with Gasteiger partial charge in [0.2, 0.25) is 0 Å². The predicted molar refractivity (Wildman–Crippen MR) is 146 cm³/mol. The van der Waals surface area contributed by atoms with Crippen molar-refractivity contribution in [3.63, 3.8) is 0 Å².